The molecule has 0 atom stereocenters. The molecule has 108 valence electrons. The van der Waals surface area contributed by atoms with Crippen LogP contribution in [-0.4, -0.2) is 32.9 Å². The van der Waals surface area contributed by atoms with Gasteiger partial charge in [-0.3, -0.25) is 4.79 Å². The number of nitrogens with one attached hydrogen (secondary N) is 1. The van der Waals surface area contributed by atoms with Crippen molar-refractivity contribution in [1.82, 2.24) is 4.98 Å². The zero-order valence-electron chi connectivity index (χ0n) is 10.7. The Balaban J connectivity index is 2.03. The van der Waals surface area contributed by atoms with Gasteiger partial charge in [-0.25, -0.2) is 9.78 Å². The third-order valence-electron chi connectivity index (χ3n) is 2.50. The minimum absolute atomic E-state index is 0.00925. The molecule has 0 unspecified atom stereocenters. The summed E-state index contributed by atoms with van der Waals surface area (Å²) in [6.07, 6.45) is 0.190. The smallest absolute Gasteiger partial charge is 0.360 e. The zero-order chi connectivity index (χ0) is 15.2. The van der Waals surface area contributed by atoms with Crippen LogP contribution in [0.1, 0.15) is 11.3 Å². The van der Waals surface area contributed by atoms with E-state index < -0.39 is 11.7 Å². The fraction of sp³-hybridized carbons (Fsp3) is 0.0769. The van der Waals surface area contributed by atoms with Crippen LogP contribution in [0.25, 0.3) is 0 Å². The van der Waals surface area contributed by atoms with Crippen LogP contribution in [0.4, 0.5) is 5.13 Å². The molecule has 0 saturated carbocycles. The van der Waals surface area contributed by atoms with E-state index in [2.05, 4.69) is 15.5 Å². The van der Waals surface area contributed by atoms with E-state index in [1.807, 2.05) is 30.3 Å². The third-order valence-corrected chi connectivity index (χ3v) is 3.26. The summed E-state index contributed by atoms with van der Waals surface area (Å²) in [6, 6.07) is 9.18. The van der Waals surface area contributed by atoms with Crippen LogP contribution in [0.2, 0.25) is 0 Å². The molecule has 1 aromatic carbocycles. The first-order chi connectivity index (χ1) is 10.1. The second kappa shape index (κ2) is 6.62. The van der Waals surface area contributed by atoms with E-state index in [9.17, 15) is 9.59 Å². The van der Waals surface area contributed by atoms with Crippen LogP contribution in [-0.2, 0) is 16.0 Å². The molecule has 0 radical (unpaired) electrons. The third kappa shape index (κ3) is 3.86. The predicted molar refractivity (Wildman–Crippen MR) is 76.8 cm³/mol. The maximum absolute atomic E-state index is 11.8. The lowest BCUT2D eigenvalue weighted by Crippen LogP contribution is -2.16. The van der Waals surface area contributed by atoms with E-state index >= 15 is 0 Å². The van der Waals surface area contributed by atoms with Crippen molar-refractivity contribution in [1.29, 1.82) is 0 Å². The quantitative estimate of drug-likeness (QED) is 0.441. The van der Waals surface area contributed by atoms with E-state index in [1.54, 1.807) is 0 Å². The van der Waals surface area contributed by atoms with E-state index in [0.717, 1.165) is 16.9 Å². The lowest BCUT2D eigenvalue weighted by atomic mass is 10.1. The molecule has 0 aliphatic heterocycles. The molecule has 0 aliphatic rings. The Morgan fingerprint density at radius 3 is 2.62 bits per heavy atom. The summed E-state index contributed by atoms with van der Waals surface area (Å²) in [4.78, 5) is 26.5. The molecule has 2 aromatic rings. The monoisotopic (exact) mass is 305 g/mol. The molecule has 1 aromatic heterocycles. The molecule has 0 saturated heterocycles. The molecule has 21 heavy (non-hydrogen) atoms. The maximum atomic E-state index is 11.8. The number of oxime groups is 1. The van der Waals surface area contributed by atoms with Crippen molar-refractivity contribution >= 4 is 34.1 Å². The van der Waals surface area contributed by atoms with Crippen molar-refractivity contribution in [2.75, 3.05) is 5.32 Å². The second-order valence-corrected chi connectivity index (χ2v) is 4.86. The summed E-state index contributed by atoms with van der Waals surface area (Å²) in [5, 5.41) is 24.3. The zero-order valence-corrected chi connectivity index (χ0v) is 11.5. The number of carboxylic acid groups (broad SMARTS) is 1. The predicted octanol–water partition coefficient (Wildman–Crippen LogP) is 1.59. The molecule has 2 rings (SSSR count). The summed E-state index contributed by atoms with van der Waals surface area (Å²) in [6.45, 7) is 0. The lowest BCUT2D eigenvalue weighted by molar-refractivity contribution is -0.129. The normalized spacial score (nSPS) is 11.1. The number of nitrogens with zero attached hydrogens (tertiary/aromatic N) is 2. The fourth-order valence-electron chi connectivity index (χ4n) is 1.59. The van der Waals surface area contributed by atoms with E-state index in [1.165, 1.54) is 5.38 Å². The minimum atomic E-state index is -1.40. The number of benzene rings is 1. The van der Waals surface area contributed by atoms with Crippen molar-refractivity contribution in [2.24, 2.45) is 5.16 Å². The van der Waals surface area contributed by atoms with Crippen LogP contribution in [0.3, 0.4) is 0 Å². The van der Waals surface area contributed by atoms with Crippen molar-refractivity contribution in [3.63, 3.8) is 0 Å². The van der Waals surface area contributed by atoms with Crippen molar-refractivity contribution in [2.45, 2.75) is 6.42 Å². The first-order valence-corrected chi connectivity index (χ1v) is 6.73. The SMILES string of the molecule is O=C(Cc1ccccc1)Nc1nc(C(=NO)C(=O)O)cs1. The fourth-order valence-corrected chi connectivity index (χ4v) is 2.30. The highest BCUT2D eigenvalue weighted by Gasteiger charge is 2.17. The number of anilines is 1. The van der Waals surface area contributed by atoms with E-state index in [0.29, 0.717) is 0 Å². The van der Waals surface area contributed by atoms with Gasteiger partial charge in [-0.05, 0) is 5.56 Å². The Hall–Kier alpha value is -2.74. The second-order valence-electron chi connectivity index (χ2n) is 4.00. The Bertz CT molecular complexity index is 682. The van der Waals surface area contributed by atoms with E-state index in [-0.39, 0.29) is 23.2 Å². The van der Waals surface area contributed by atoms with Gasteiger partial charge in [0.2, 0.25) is 11.6 Å². The van der Waals surface area contributed by atoms with Crippen LogP contribution >= 0.6 is 11.3 Å². The molecule has 1 heterocycles. The summed E-state index contributed by atoms with van der Waals surface area (Å²) < 4.78 is 0. The van der Waals surface area contributed by atoms with Gasteiger partial charge in [0.15, 0.2) is 5.13 Å². The van der Waals surface area contributed by atoms with Crippen molar-refractivity contribution in [3.8, 4) is 0 Å². The number of aliphatic carboxylic acids is 1. The minimum Gasteiger partial charge on any atom is -0.476 e. The van der Waals surface area contributed by atoms with Gasteiger partial charge >= 0.3 is 5.97 Å². The standard InChI is InChI=1S/C13H11N3O4S/c17-10(6-8-4-2-1-3-5-8)15-13-14-9(7-21-13)11(16-20)12(18)19/h1-5,7,20H,6H2,(H,18,19)(H,14,15,17). The number of hydrogen-bond acceptors (Lipinski definition) is 6. The van der Waals surface area contributed by atoms with Crippen LogP contribution in [0.5, 0.6) is 0 Å². The molecular weight excluding hydrogens is 294 g/mol. The average Bonchev–Trinajstić information content (AvgIpc) is 2.88. The Morgan fingerprint density at radius 2 is 2.00 bits per heavy atom. The van der Waals surface area contributed by atoms with Crippen molar-refractivity contribution in [3.05, 3.63) is 47.0 Å². The molecular formula is C13H11N3O4S. The Labute approximate surface area is 123 Å². The molecule has 8 heteroatoms. The number of amides is 1. The number of rotatable bonds is 5. The van der Waals surface area contributed by atoms with E-state index in [4.69, 9.17) is 10.3 Å². The summed E-state index contributed by atoms with van der Waals surface area (Å²) in [5.41, 5.74) is 0.273. The van der Waals surface area contributed by atoms with Crippen molar-refractivity contribution < 1.29 is 19.9 Å². The summed E-state index contributed by atoms with van der Waals surface area (Å²) in [7, 11) is 0. The number of thiazole rings is 1. The van der Waals surface area contributed by atoms with Crippen LogP contribution < -0.4 is 5.32 Å². The lowest BCUT2D eigenvalue weighted by Gasteiger charge is -2.01. The summed E-state index contributed by atoms with van der Waals surface area (Å²) >= 11 is 1.05. The number of carbonyl (C=O) groups excluding carboxylic acids is 1. The molecule has 0 bridgehead atoms. The number of hydrogen-bond donors (Lipinski definition) is 3. The molecule has 1 amide bonds. The van der Waals surface area contributed by atoms with Crippen LogP contribution in [0, 0.1) is 0 Å². The molecule has 0 spiro atoms. The van der Waals surface area contributed by atoms with Gasteiger partial charge < -0.3 is 15.6 Å². The molecule has 0 aliphatic carbocycles. The first-order valence-electron chi connectivity index (χ1n) is 5.85. The molecule has 7 nitrogen and oxygen atoms in total. The number of aromatic nitrogens is 1. The van der Waals surface area contributed by atoms with Gasteiger partial charge in [-0.15, -0.1) is 11.3 Å². The Kier molecular flexibility index (Phi) is 4.62. The molecule has 3 N–H and O–H groups in total. The van der Waals surface area contributed by atoms with Gasteiger partial charge in [0.25, 0.3) is 0 Å². The van der Waals surface area contributed by atoms with Gasteiger partial charge in [0.1, 0.15) is 5.69 Å². The highest BCUT2D eigenvalue weighted by Crippen LogP contribution is 2.16. The highest BCUT2D eigenvalue weighted by atomic mass is 32.1. The maximum Gasteiger partial charge on any atom is 0.360 e. The summed E-state index contributed by atoms with van der Waals surface area (Å²) in [5.74, 6) is -1.66. The van der Waals surface area contributed by atoms with Gasteiger partial charge in [0.05, 0.1) is 6.42 Å². The highest BCUT2D eigenvalue weighted by molar-refractivity contribution is 7.14. The van der Waals surface area contributed by atoms with Gasteiger partial charge in [-0.1, -0.05) is 35.5 Å². The van der Waals surface area contributed by atoms with Gasteiger partial charge in [-0.2, -0.15) is 0 Å². The van der Waals surface area contributed by atoms with Crippen LogP contribution in [0.15, 0.2) is 40.9 Å². The number of carboxylic acids is 1. The average molecular weight is 305 g/mol. The topological polar surface area (TPSA) is 112 Å². The number of carbonyl (C=O) groups is 2. The Morgan fingerprint density at radius 1 is 1.29 bits per heavy atom. The molecule has 0 fully saturated rings. The van der Waals surface area contributed by atoms with Gasteiger partial charge in [0, 0.05) is 5.38 Å². The largest absolute Gasteiger partial charge is 0.476 e. The first kappa shape index (κ1) is 14.7.